The molecule has 0 spiro atoms. The maximum atomic E-state index is 12.4. The van der Waals surface area contributed by atoms with Crippen molar-refractivity contribution in [3.05, 3.63) is 29.8 Å². The van der Waals surface area contributed by atoms with Crippen molar-refractivity contribution in [2.45, 2.75) is 55.1 Å². The molecule has 1 saturated carbocycles. The molecule has 1 aliphatic heterocycles. The lowest BCUT2D eigenvalue weighted by Crippen LogP contribution is -2.42. The number of rotatable bonds is 7. The lowest BCUT2D eigenvalue weighted by Gasteiger charge is -2.22. The molecule has 2 atom stereocenters. The van der Waals surface area contributed by atoms with Crippen LogP contribution >= 0.6 is 0 Å². The maximum Gasteiger partial charge on any atom is 0.240 e. The largest absolute Gasteiger partial charge is 0.390 e. The zero-order valence-electron chi connectivity index (χ0n) is 15.3. The van der Waals surface area contributed by atoms with Crippen molar-refractivity contribution in [1.29, 1.82) is 0 Å². The van der Waals surface area contributed by atoms with E-state index in [0.29, 0.717) is 5.92 Å². The first-order valence-corrected chi connectivity index (χ1v) is 12.8. The average molecular weight is 417 g/mol. The standard InChI is InChI=1S/C18H28N2O5S2/c21-18-13-26(22,23)12-17(18)19-10-11-20-27(24,25)16-8-6-15(7-9-16)14-4-2-1-3-5-14/h6-9,14,17-21H,1-5,10-13H2/t17-,18-/m0/s1. The molecule has 1 saturated heterocycles. The van der Waals surface area contributed by atoms with E-state index in [0.717, 1.165) is 0 Å². The fourth-order valence-corrected chi connectivity index (χ4v) is 6.71. The summed E-state index contributed by atoms with van der Waals surface area (Å²) in [5.74, 6) is 0.162. The zero-order valence-corrected chi connectivity index (χ0v) is 16.9. The van der Waals surface area contributed by atoms with Crippen molar-refractivity contribution >= 4 is 19.9 Å². The van der Waals surface area contributed by atoms with Gasteiger partial charge in [0.25, 0.3) is 0 Å². The first-order chi connectivity index (χ1) is 12.8. The van der Waals surface area contributed by atoms with Gasteiger partial charge in [0.1, 0.15) is 0 Å². The van der Waals surface area contributed by atoms with Crippen molar-refractivity contribution in [3.63, 3.8) is 0 Å². The first-order valence-electron chi connectivity index (χ1n) is 9.48. The second-order valence-corrected chi connectivity index (χ2v) is 11.4. The van der Waals surface area contributed by atoms with E-state index >= 15 is 0 Å². The molecule has 1 aromatic rings. The molecule has 3 rings (SSSR count). The third kappa shape index (κ3) is 5.51. The van der Waals surface area contributed by atoms with Gasteiger partial charge in [-0.1, -0.05) is 31.4 Å². The van der Waals surface area contributed by atoms with E-state index in [2.05, 4.69) is 10.0 Å². The number of hydrogen-bond acceptors (Lipinski definition) is 6. The van der Waals surface area contributed by atoms with E-state index in [-0.39, 0.29) is 29.5 Å². The van der Waals surface area contributed by atoms with Crippen LogP contribution in [0.1, 0.15) is 43.6 Å². The predicted molar refractivity (Wildman–Crippen MR) is 104 cm³/mol. The normalized spacial score (nSPS) is 26.3. The van der Waals surface area contributed by atoms with E-state index in [9.17, 15) is 21.9 Å². The summed E-state index contributed by atoms with van der Waals surface area (Å²) in [7, 11) is -6.83. The van der Waals surface area contributed by atoms with E-state index in [4.69, 9.17) is 0 Å². The Kier molecular flexibility index (Phi) is 6.58. The highest BCUT2D eigenvalue weighted by Gasteiger charge is 2.35. The Labute approximate surface area is 161 Å². The summed E-state index contributed by atoms with van der Waals surface area (Å²) in [6, 6.07) is 6.56. The molecule has 2 aliphatic rings. The minimum absolute atomic E-state index is 0.121. The number of aliphatic hydroxyl groups excluding tert-OH is 1. The number of sulfonamides is 1. The highest BCUT2D eigenvalue weighted by molar-refractivity contribution is 7.91. The molecule has 152 valence electrons. The molecule has 0 bridgehead atoms. The van der Waals surface area contributed by atoms with Crippen LogP contribution in [0.3, 0.4) is 0 Å². The molecule has 27 heavy (non-hydrogen) atoms. The highest BCUT2D eigenvalue weighted by Crippen LogP contribution is 2.32. The summed E-state index contributed by atoms with van der Waals surface area (Å²) >= 11 is 0. The van der Waals surface area contributed by atoms with Crippen LogP contribution in [0.15, 0.2) is 29.2 Å². The van der Waals surface area contributed by atoms with E-state index in [1.165, 1.54) is 37.7 Å². The Morgan fingerprint density at radius 2 is 1.67 bits per heavy atom. The molecular weight excluding hydrogens is 388 g/mol. The van der Waals surface area contributed by atoms with Crippen LogP contribution in [0.4, 0.5) is 0 Å². The number of benzene rings is 1. The van der Waals surface area contributed by atoms with Crippen LogP contribution in [-0.2, 0) is 19.9 Å². The molecule has 3 N–H and O–H groups in total. The second-order valence-electron chi connectivity index (χ2n) is 7.51. The topological polar surface area (TPSA) is 113 Å². The summed E-state index contributed by atoms with van der Waals surface area (Å²) in [4.78, 5) is 0.227. The van der Waals surface area contributed by atoms with Gasteiger partial charge < -0.3 is 10.4 Å². The lowest BCUT2D eigenvalue weighted by atomic mass is 9.84. The molecule has 0 unspecified atom stereocenters. The van der Waals surface area contributed by atoms with Crippen molar-refractivity contribution < 1.29 is 21.9 Å². The molecule has 1 aromatic carbocycles. The van der Waals surface area contributed by atoms with Gasteiger partial charge in [0.15, 0.2) is 9.84 Å². The van der Waals surface area contributed by atoms with Crippen LogP contribution in [0, 0.1) is 0 Å². The second kappa shape index (κ2) is 8.57. The fraction of sp³-hybridized carbons (Fsp3) is 0.667. The maximum absolute atomic E-state index is 12.4. The van der Waals surface area contributed by atoms with Crippen LogP contribution in [0.5, 0.6) is 0 Å². The molecule has 0 aromatic heterocycles. The number of sulfone groups is 1. The highest BCUT2D eigenvalue weighted by atomic mass is 32.2. The monoisotopic (exact) mass is 416 g/mol. The SMILES string of the molecule is O=S1(=O)C[C@H](NCCNS(=O)(=O)c2ccc(C3CCCCC3)cc2)[C@@H](O)C1. The predicted octanol–water partition coefficient (Wildman–Crippen LogP) is 0.760. The van der Waals surface area contributed by atoms with Gasteiger partial charge in [-0.2, -0.15) is 0 Å². The number of hydrogen-bond donors (Lipinski definition) is 3. The minimum atomic E-state index is -3.61. The van der Waals surface area contributed by atoms with Crippen molar-refractivity contribution in [1.82, 2.24) is 10.0 Å². The Balaban J connectivity index is 1.49. The zero-order chi connectivity index (χ0) is 19.5. The smallest absolute Gasteiger partial charge is 0.240 e. The third-order valence-electron chi connectivity index (χ3n) is 5.41. The summed E-state index contributed by atoms with van der Waals surface area (Å²) in [6.07, 6.45) is 5.13. The molecular formula is C18H28N2O5S2. The van der Waals surface area contributed by atoms with Crippen LogP contribution in [0.25, 0.3) is 0 Å². The van der Waals surface area contributed by atoms with Crippen LogP contribution in [-0.4, -0.2) is 58.7 Å². The van der Waals surface area contributed by atoms with Gasteiger partial charge in [0.2, 0.25) is 10.0 Å². The number of nitrogens with one attached hydrogen (secondary N) is 2. The van der Waals surface area contributed by atoms with Gasteiger partial charge >= 0.3 is 0 Å². The van der Waals surface area contributed by atoms with Crippen molar-refractivity contribution in [2.24, 2.45) is 0 Å². The van der Waals surface area contributed by atoms with Gasteiger partial charge in [-0.15, -0.1) is 0 Å². The van der Waals surface area contributed by atoms with Gasteiger partial charge in [-0.25, -0.2) is 21.6 Å². The molecule has 9 heteroatoms. The van der Waals surface area contributed by atoms with Gasteiger partial charge in [-0.05, 0) is 36.5 Å². The first kappa shape index (κ1) is 20.7. The lowest BCUT2D eigenvalue weighted by molar-refractivity contribution is 0.166. The van der Waals surface area contributed by atoms with Crippen molar-refractivity contribution in [2.75, 3.05) is 24.6 Å². The quantitative estimate of drug-likeness (QED) is 0.566. The van der Waals surface area contributed by atoms with Gasteiger partial charge in [0.05, 0.1) is 22.5 Å². The molecule has 0 amide bonds. The third-order valence-corrected chi connectivity index (χ3v) is 8.61. The Hall–Kier alpha value is -1.00. The molecule has 0 radical (unpaired) electrons. The summed E-state index contributed by atoms with van der Waals surface area (Å²) < 4.78 is 50.2. The summed E-state index contributed by atoms with van der Waals surface area (Å²) in [6.45, 7) is 0.368. The van der Waals surface area contributed by atoms with Crippen molar-refractivity contribution in [3.8, 4) is 0 Å². The Morgan fingerprint density at radius 3 is 2.26 bits per heavy atom. The Bertz CT molecular complexity index is 831. The summed E-state index contributed by atoms with van der Waals surface area (Å²) in [5, 5.41) is 12.6. The van der Waals surface area contributed by atoms with Gasteiger partial charge in [-0.3, -0.25) is 0 Å². The Morgan fingerprint density at radius 1 is 1.00 bits per heavy atom. The summed E-state index contributed by atoms with van der Waals surface area (Å²) in [5.41, 5.74) is 1.20. The average Bonchev–Trinajstić information content (AvgIpc) is 2.91. The van der Waals surface area contributed by atoms with Crippen LogP contribution in [0.2, 0.25) is 0 Å². The van der Waals surface area contributed by atoms with E-state index in [1.807, 2.05) is 12.1 Å². The minimum Gasteiger partial charge on any atom is -0.390 e. The molecule has 1 aliphatic carbocycles. The number of aliphatic hydroxyl groups is 1. The van der Waals surface area contributed by atoms with Crippen LogP contribution < -0.4 is 10.0 Å². The van der Waals surface area contributed by atoms with Gasteiger partial charge in [0, 0.05) is 19.1 Å². The molecule has 1 heterocycles. The van der Waals surface area contributed by atoms with E-state index < -0.39 is 32.0 Å². The van der Waals surface area contributed by atoms with E-state index in [1.54, 1.807) is 12.1 Å². The fourth-order valence-electron chi connectivity index (χ4n) is 3.91. The molecule has 2 fully saturated rings. The molecule has 7 nitrogen and oxygen atoms in total.